The first-order chi connectivity index (χ1) is 10.8. The van der Waals surface area contributed by atoms with Crippen molar-refractivity contribution in [3.8, 4) is 11.5 Å². The Morgan fingerprint density at radius 3 is 2.91 bits per heavy atom. The third-order valence-electron chi connectivity index (χ3n) is 3.41. The normalized spacial score (nSPS) is 17.1. The van der Waals surface area contributed by atoms with Crippen LogP contribution in [0.15, 0.2) is 52.7 Å². The maximum Gasteiger partial charge on any atom is 0.276 e. The summed E-state index contributed by atoms with van der Waals surface area (Å²) in [5.41, 5.74) is 2.65. The molecule has 108 valence electrons. The van der Waals surface area contributed by atoms with Crippen LogP contribution in [0.4, 0.5) is 5.69 Å². The molecular weight excluding hydrogens is 282 g/mol. The zero-order valence-corrected chi connectivity index (χ0v) is 11.4. The fourth-order valence-corrected chi connectivity index (χ4v) is 2.35. The van der Waals surface area contributed by atoms with E-state index in [0.29, 0.717) is 17.2 Å². The molecule has 1 amide bonds. The number of amides is 1. The SMILES string of the molecule is O=C1Nc2ccccc2/C1=N/N=C/c1ccc2c(c1)OCO2. The molecule has 22 heavy (non-hydrogen) atoms. The Morgan fingerprint density at radius 1 is 1.09 bits per heavy atom. The second-order valence-electron chi connectivity index (χ2n) is 4.81. The van der Waals surface area contributed by atoms with E-state index in [4.69, 9.17) is 9.47 Å². The zero-order chi connectivity index (χ0) is 14.9. The van der Waals surface area contributed by atoms with Crippen molar-refractivity contribution in [1.82, 2.24) is 0 Å². The van der Waals surface area contributed by atoms with Crippen molar-refractivity contribution < 1.29 is 14.3 Å². The highest BCUT2D eigenvalue weighted by Crippen LogP contribution is 2.32. The number of hydrogen-bond acceptors (Lipinski definition) is 5. The van der Waals surface area contributed by atoms with E-state index in [-0.39, 0.29) is 12.7 Å². The minimum absolute atomic E-state index is 0.231. The molecule has 1 N–H and O–H groups in total. The van der Waals surface area contributed by atoms with E-state index in [1.807, 2.05) is 42.5 Å². The molecule has 6 nitrogen and oxygen atoms in total. The summed E-state index contributed by atoms with van der Waals surface area (Å²) < 4.78 is 10.5. The molecule has 2 aliphatic heterocycles. The van der Waals surface area contributed by atoms with Crippen LogP contribution in [-0.2, 0) is 4.79 Å². The first kappa shape index (κ1) is 12.6. The lowest BCUT2D eigenvalue weighted by atomic mass is 10.1. The second kappa shape index (κ2) is 5.00. The molecule has 0 bridgehead atoms. The monoisotopic (exact) mass is 293 g/mol. The predicted octanol–water partition coefficient (Wildman–Crippen LogP) is 2.19. The number of carbonyl (C=O) groups is 1. The molecule has 0 spiro atoms. The van der Waals surface area contributed by atoms with Crippen LogP contribution in [0.3, 0.4) is 0 Å². The summed E-state index contributed by atoms with van der Waals surface area (Å²) in [4.78, 5) is 11.9. The van der Waals surface area contributed by atoms with Crippen molar-refractivity contribution in [2.45, 2.75) is 0 Å². The molecule has 0 unspecified atom stereocenters. The predicted molar refractivity (Wildman–Crippen MR) is 81.8 cm³/mol. The van der Waals surface area contributed by atoms with Crippen LogP contribution in [0.1, 0.15) is 11.1 Å². The van der Waals surface area contributed by atoms with Gasteiger partial charge in [0.15, 0.2) is 17.2 Å². The Morgan fingerprint density at radius 2 is 1.95 bits per heavy atom. The number of benzene rings is 2. The number of carbonyl (C=O) groups excluding carboxylic acids is 1. The van der Waals surface area contributed by atoms with Gasteiger partial charge in [-0.3, -0.25) is 4.79 Å². The standard InChI is InChI=1S/C16H11N3O3/c20-16-15(11-3-1-2-4-12(11)18-16)19-17-8-10-5-6-13-14(7-10)22-9-21-13/h1-8H,9H2,(H,18,19,20)/b17-8+. The maximum absolute atomic E-state index is 11.9. The van der Waals surface area contributed by atoms with Gasteiger partial charge in [-0.25, -0.2) is 0 Å². The fourth-order valence-electron chi connectivity index (χ4n) is 2.35. The van der Waals surface area contributed by atoms with Gasteiger partial charge in [-0.1, -0.05) is 18.2 Å². The van der Waals surface area contributed by atoms with Crippen molar-refractivity contribution in [3.63, 3.8) is 0 Å². The summed E-state index contributed by atoms with van der Waals surface area (Å²) in [6.07, 6.45) is 1.57. The summed E-state index contributed by atoms with van der Waals surface area (Å²) in [6.45, 7) is 0.231. The Labute approximate surface area is 126 Å². The molecule has 2 aromatic rings. The fraction of sp³-hybridized carbons (Fsp3) is 0.0625. The van der Waals surface area contributed by atoms with Crippen molar-refractivity contribution in [3.05, 3.63) is 53.6 Å². The van der Waals surface area contributed by atoms with Crippen molar-refractivity contribution in [2.24, 2.45) is 10.2 Å². The Kier molecular flexibility index (Phi) is 2.86. The molecule has 0 aromatic heterocycles. The van der Waals surface area contributed by atoms with E-state index in [1.165, 1.54) is 0 Å². The molecule has 4 rings (SSSR count). The number of hydrogen-bond donors (Lipinski definition) is 1. The molecule has 0 radical (unpaired) electrons. The van der Waals surface area contributed by atoms with E-state index in [9.17, 15) is 4.79 Å². The zero-order valence-electron chi connectivity index (χ0n) is 11.4. The van der Waals surface area contributed by atoms with Crippen LogP contribution in [0.5, 0.6) is 11.5 Å². The van der Waals surface area contributed by atoms with E-state index < -0.39 is 0 Å². The van der Waals surface area contributed by atoms with Gasteiger partial charge in [-0.15, -0.1) is 5.10 Å². The van der Waals surface area contributed by atoms with Crippen molar-refractivity contribution in [1.29, 1.82) is 0 Å². The van der Waals surface area contributed by atoms with E-state index in [1.54, 1.807) is 6.21 Å². The Bertz CT molecular complexity index is 827. The maximum atomic E-state index is 11.9. The van der Waals surface area contributed by atoms with Gasteiger partial charge >= 0.3 is 0 Å². The average Bonchev–Trinajstić information content (AvgIpc) is 3.11. The number of rotatable bonds is 2. The summed E-state index contributed by atoms with van der Waals surface area (Å²) in [5.74, 6) is 1.15. The number of para-hydroxylation sites is 1. The summed E-state index contributed by atoms with van der Waals surface area (Å²) in [5, 5.41) is 10.8. The van der Waals surface area contributed by atoms with Crippen LogP contribution >= 0.6 is 0 Å². The summed E-state index contributed by atoms with van der Waals surface area (Å²) in [6, 6.07) is 12.9. The summed E-state index contributed by atoms with van der Waals surface area (Å²) in [7, 11) is 0. The minimum atomic E-state index is -0.246. The third-order valence-corrected chi connectivity index (χ3v) is 3.41. The topological polar surface area (TPSA) is 72.3 Å². The van der Waals surface area contributed by atoms with Gasteiger partial charge in [0.1, 0.15) is 0 Å². The number of nitrogens with zero attached hydrogens (tertiary/aromatic N) is 2. The molecule has 0 atom stereocenters. The number of fused-ring (bicyclic) bond motifs is 2. The number of nitrogens with one attached hydrogen (secondary N) is 1. The third kappa shape index (κ3) is 2.10. The van der Waals surface area contributed by atoms with E-state index in [0.717, 1.165) is 16.8 Å². The molecule has 2 aliphatic rings. The van der Waals surface area contributed by atoms with Gasteiger partial charge in [-0.05, 0) is 29.8 Å². The highest BCUT2D eigenvalue weighted by Gasteiger charge is 2.25. The first-order valence-electron chi connectivity index (χ1n) is 6.73. The Hall–Kier alpha value is -3.15. The van der Waals surface area contributed by atoms with Crippen LogP contribution in [0, 0.1) is 0 Å². The van der Waals surface area contributed by atoms with Gasteiger partial charge in [0.05, 0.1) is 11.9 Å². The molecular formula is C16H11N3O3. The summed E-state index contributed by atoms with van der Waals surface area (Å²) >= 11 is 0. The average molecular weight is 293 g/mol. The minimum Gasteiger partial charge on any atom is -0.454 e. The van der Waals surface area contributed by atoms with Gasteiger partial charge in [0.2, 0.25) is 6.79 Å². The van der Waals surface area contributed by atoms with Crippen molar-refractivity contribution >= 4 is 23.5 Å². The van der Waals surface area contributed by atoms with Crippen LogP contribution < -0.4 is 14.8 Å². The molecule has 0 aliphatic carbocycles. The lowest BCUT2D eigenvalue weighted by molar-refractivity contribution is -0.110. The molecule has 0 fully saturated rings. The quantitative estimate of drug-likeness (QED) is 0.681. The molecule has 2 heterocycles. The molecule has 2 aromatic carbocycles. The second-order valence-corrected chi connectivity index (χ2v) is 4.81. The molecule has 0 saturated heterocycles. The van der Waals surface area contributed by atoms with E-state index >= 15 is 0 Å². The van der Waals surface area contributed by atoms with E-state index in [2.05, 4.69) is 15.5 Å². The van der Waals surface area contributed by atoms with Gasteiger partial charge in [0, 0.05) is 5.56 Å². The molecule has 6 heteroatoms. The van der Waals surface area contributed by atoms with Gasteiger partial charge < -0.3 is 14.8 Å². The largest absolute Gasteiger partial charge is 0.454 e. The van der Waals surface area contributed by atoms with Crippen LogP contribution in [0.25, 0.3) is 0 Å². The van der Waals surface area contributed by atoms with Crippen LogP contribution in [0.2, 0.25) is 0 Å². The highest BCUT2D eigenvalue weighted by molar-refractivity contribution is 6.53. The van der Waals surface area contributed by atoms with Gasteiger partial charge in [0.25, 0.3) is 5.91 Å². The van der Waals surface area contributed by atoms with Gasteiger partial charge in [-0.2, -0.15) is 5.10 Å². The number of ether oxygens (including phenoxy) is 2. The number of anilines is 1. The highest BCUT2D eigenvalue weighted by atomic mass is 16.7. The smallest absolute Gasteiger partial charge is 0.276 e. The molecule has 0 saturated carbocycles. The first-order valence-corrected chi connectivity index (χ1v) is 6.73. The van der Waals surface area contributed by atoms with Crippen molar-refractivity contribution in [2.75, 3.05) is 12.1 Å². The Balaban J connectivity index is 1.60. The lowest BCUT2D eigenvalue weighted by Gasteiger charge is -1.96. The van der Waals surface area contributed by atoms with Crippen LogP contribution in [-0.4, -0.2) is 24.6 Å². The lowest BCUT2D eigenvalue weighted by Crippen LogP contribution is -2.13.